The van der Waals surface area contributed by atoms with Crippen LogP contribution in [0.2, 0.25) is 0 Å². The summed E-state index contributed by atoms with van der Waals surface area (Å²) in [7, 11) is 0. The monoisotopic (exact) mass is 404 g/mol. The van der Waals surface area contributed by atoms with E-state index in [0.717, 1.165) is 27.8 Å². The first-order chi connectivity index (χ1) is 14.3. The molecule has 1 fully saturated rings. The van der Waals surface area contributed by atoms with Crippen LogP contribution in [0.1, 0.15) is 46.6 Å². The van der Waals surface area contributed by atoms with E-state index in [1.54, 1.807) is 24.3 Å². The first-order valence-electron chi connectivity index (χ1n) is 10.1. The lowest BCUT2D eigenvalue weighted by Gasteiger charge is -2.28. The fourth-order valence-corrected chi connectivity index (χ4v) is 4.62. The molecule has 0 atom stereocenters. The molecule has 0 unspecified atom stereocenters. The molecule has 1 heterocycles. The topological polar surface area (TPSA) is 69.7 Å². The summed E-state index contributed by atoms with van der Waals surface area (Å²) in [6, 6.07) is 9.46. The van der Waals surface area contributed by atoms with Gasteiger partial charge in [-0.3, -0.25) is 14.4 Å². The lowest BCUT2D eigenvalue weighted by molar-refractivity contribution is -0.140. The maximum Gasteiger partial charge on any atom is 0.231 e. The van der Waals surface area contributed by atoms with Gasteiger partial charge in [0.05, 0.1) is 0 Å². The van der Waals surface area contributed by atoms with Gasteiger partial charge < -0.3 is 9.47 Å². The van der Waals surface area contributed by atoms with Crippen LogP contribution in [0.15, 0.2) is 36.4 Å². The molecule has 4 rings (SSSR count). The molecule has 1 saturated carbocycles. The number of allylic oxidation sites excluding steroid dienone is 1. The number of carbonyl (C=O) groups excluding carboxylic acids is 3. The summed E-state index contributed by atoms with van der Waals surface area (Å²) in [6.07, 6.45) is 3.35. The standard InChI is InChI=1S/C25H24O5/c1-14-8-15(2)24(16(3)9-14)18-11-20(27)25(21(28)12-18)19(26)6-4-17-5-7-22-23(10-17)30-13-29-22/h4-10,18,25H,11-13H2,1-3H3/b6-4+. The van der Waals surface area contributed by atoms with Crippen LogP contribution in [0.5, 0.6) is 11.5 Å². The normalized spacial score (nSPS) is 20.8. The summed E-state index contributed by atoms with van der Waals surface area (Å²) in [5.41, 5.74) is 5.14. The summed E-state index contributed by atoms with van der Waals surface area (Å²) in [4.78, 5) is 38.2. The molecule has 0 spiro atoms. The van der Waals surface area contributed by atoms with E-state index in [-0.39, 0.29) is 37.1 Å². The van der Waals surface area contributed by atoms with Crippen LogP contribution in [-0.4, -0.2) is 24.1 Å². The third kappa shape index (κ3) is 3.80. The molecule has 5 nitrogen and oxygen atoms in total. The number of ketones is 3. The number of carbonyl (C=O) groups is 3. The van der Waals surface area contributed by atoms with E-state index in [2.05, 4.69) is 12.1 Å². The molecule has 1 aliphatic heterocycles. The Morgan fingerprint density at radius 3 is 2.23 bits per heavy atom. The lowest BCUT2D eigenvalue weighted by Crippen LogP contribution is -2.37. The largest absolute Gasteiger partial charge is 0.454 e. The van der Waals surface area contributed by atoms with Crippen LogP contribution < -0.4 is 9.47 Å². The Kier molecular flexibility index (Phi) is 5.29. The van der Waals surface area contributed by atoms with E-state index in [4.69, 9.17) is 9.47 Å². The van der Waals surface area contributed by atoms with Crippen LogP contribution in [0.25, 0.3) is 6.08 Å². The van der Waals surface area contributed by atoms with Crippen molar-refractivity contribution in [2.24, 2.45) is 5.92 Å². The Morgan fingerprint density at radius 1 is 0.933 bits per heavy atom. The van der Waals surface area contributed by atoms with Crippen LogP contribution in [0.4, 0.5) is 0 Å². The summed E-state index contributed by atoms with van der Waals surface area (Å²) in [5, 5.41) is 0. The molecule has 0 amide bonds. The summed E-state index contributed by atoms with van der Waals surface area (Å²) < 4.78 is 10.6. The average Bonchev–Trinajstić information content (AvgIpc) is 3.13. The smallest absolute Gasteiger partial charge is 0.231 e. The molecular weight excluding hydrogens is 380 g/mol. The minimum absolute atomic E-state index is 0.160. The summed E-state index contributed by atoms with van der Waals surface area (Å²) in [6.45, 7) is 6.22. The molecule has 30 heavy (non-hydrogen) atoms. The van der Waals surface area contributed by atoms with Gasteiger partial charge in [-0.1, -0.05) is 29.8 Å². The quantitative estimate of drug-likeness (QED) is 0.563. The fourth-order valence-electron chi connectivity index (χ4n) is 4.62. The number of Topliss-reactive ketones (excluding diaryl/α,β-unsaturated/α-hetero) is 2. The third-order valence-corrected chi connectivity index (χ3v) is 5.81. The third-order valence-electron chi connectivity index (χ3n) is 5.81. The first-order valence-corrected chi connectivity index (χ1v) is 10.1. The second-order valence-electron chi connectivity index (χ2n) is 8.13. The molecule has 0 N–H and O–H groups in total. The van der Waals surface area contributed by atoms with Crippen molar-refractivity contribution in [3.8, 4) is 11.5 Å². The van der Waals surface area contributed by atoms with Crippen LogP contribution >= 0.6 is 0 Å². The summed E-state index contributed by atoms with van der Waals surface area (Å²) >= 11 is 0. The van der Waals surface area contributed by atoms with Gasteiger partial charge in [-0.05, 0) is 67.2 Å². The number of rotatable bonds is 4. The number of fused-ring (bicyclic) bond motifs is 1. The lowest BCUT2D eigenvalue weighted by atomic mass is 9.73. The second kappa shape index (κ2) is 7.90. The number of hydrogen-bond donors (Lipinski definition) is 0. The predicted molar refractivity (Wildman–Crippen MR) is 113 cm³/mol. The highest BCUT2D eigenvalue weighted by atomic mass is 16.7. The molecule has 0 saturated heterocycles. The minimum atomic E-state index is -1.20. The zero-order valence-electron chi connectivity index (χ0n) is 17.4. The molecule has 0 radical (unpaired) electrons. The average molecular weight is 404 g/mol. The van der Waals surface area contributed by atoms with E-state index >= 15 is 0 Å². The van der Waals surface area contributed by atoms with E-state index < -0.39 is 11.7 Å². The molecule has 1 aliphatic carbocycles. The minimum Gasteiger partial charge on any atom is -0.454 e. The van der Waals surface area contributed by atoms with Gasteiger partial charge in [0.1, 0.15) is 5.92 Å². The van der Waals surface area contributed by atoms with E-state index in [1.165, 1.54) is 6.08 Å². The zero-order chi connectivity index (χ0) is 21.4. The highest BCUT2D eigenvalue weighted by molar-refractivity contribution is 6.24. The zero-order valence-corrected chi connectivity index (χ0v) is 17.4. The van der Waals surface area contributed by atoms with Gasteiger partial charge in [0.25, 0.3) is 0 Å². The molecule has 2 aliphatic rings. The Morgan fingerprint density at radius 2 is 1.57 bits per heavy atom. The van der Waals surface area contributed by atoms with Gasteiger partial charge in [-0.2, -0.15) is 0 Å². The van der Waals surface area contributed by atoms with Gasteiger partial charge in [0, 0.05) is 12.8 Å². The van der Waals surface area contributed by atoms with Crippen molar-refractivity contribution in [2.75, 3.05) is 6.79 Å². The van der Waals surface area contributed by atoms with E-state index in [1.807, 2.05) is 20.8 Å². The van der Waals surface area contributed by atoms with Crippen molar-refractivity contribution >= 4 is 23.4 Å². The van der Waals surface area contributed by atoms with Crippen LogP contribution in [-0.2, 0) is 14.4 Å². The van der Waals surface area contributed by atoms with Gasteiger partial charge in [0.15, 0.2) is 28.8 Å². The Hall–Kier alpha value is -3.21. The molecular formula is C25H24O5. The highest BCUT2D eigenvalue weighted by Gasteiger charge is 2.40. The van der Waals surface area contributed by atoms with Crippen molar-refractivity contribution in [3.05, 3.63) is 64.2 Å². The predicted octanol–water partition coefficient (Wildman–Crippen LogP) is 4.25. The summed E-state index contributed by atoms with van der Waals surface area (Å²) in [5.74, 6) is -1.14. The van der Waals surface area contributed by atoms with Crippen LogP contribution in [0, 0.1) is 26.7 Å². The Balaban J connectivity index is 1.49. The Labute approximate surface area is 175 Å². The number of benzene rings is 2. The molecule has 5 heteroatoms. The van der Waals surface area contributed by atoms with E-state index in [0.29, 0.717) is 11.5 Å². The fraction of sp³-hybridized carbons (Fsp3) is 0.320. The molecule has 0 aromatic heterocycles. The first kappa shape index (κ1) is 20.1. The molecule has 154 valence electrons. The molecule has 2 aromatic carbocycles. The maximum atomic E-state index is 12.8. The Bertz CT molecular complexity index is 1040. The van der Waals surface area contributed by atoms with Crippen LogP contribution in [0.3, 0.4) is 0 Å². The highest BCUT2D eigenvalue weighted by Crippen LogP contribution is 2.36. The molecule has 2 aromatic rings. The van der Waals surface area contributed by atoms with Gasteiger partial charge in [0.2, 0.25) is 6.79 Å². The number of ether oxygens (including phenoxy) is 2. The number of hydrogen-bond acceptors (Lipinski definition) is 5. The van der Waals surface area contributed by atoms with Crippen molar-refractivity contribution in [3.63, 3.8) is 0 Å². The molecule has 0 bridgehead atoms. The SMILES string of the molecule is Cc1cc(C)c(C2CC(=O)C(C(=O)/C=C/c3ccc4c(c3)OCO4)C(=O)C2)c(C)c1. The number of aryl methyl sites for hydroxylation is 3. The van der Waals surface area contributed by atoms with Crippen molar-refractivity contribution in [2.45, 2.75) is 39.5 Å². The van der Waals surface area contributed by atoms with Gasteiger partial charge in [-0.15, -0.1) is 0 Å². The van der Waals surface area contributed by atoms with Crippen molar-refractivity contribution in [1.29, 1.82) is 0 Å². The van der Waals surface area contributed by atoms with Crippen molar-refractivity contribution < 1.29 is 23.9 Å². The van der Waals surface area contributed by atoms with Gasteiger partial charge >= 0.3 is 0 Å². The van der Waals surface area contributed by atoms with E-state index in [9.17, 15) is 14.4 Å². The van der Waals surface area contributed by atoms with Gasteiger partial charge in [-0.25, -0.2) is 0 Å². The van der Waals surface area contributed by atoms with Crippen molar-refractivity contribution in [1.82, 2.24) is 0 Å². The maximum absolute atomic E-state index is 12.8. The second-order valence-corrected chi connectivity index (χ2v) is 8.13.